The highest BCUT2D eigenvalue weighted by Crippen LogP contribution is 2.30. The molecule has 102 valence electrons. The Bertz CT molecular complexity index is 568. The molecule has 3 nitrogen and oxygen atoms in total. The second kappa shape index (κ2) is 6.03. The lowest BCUT2D eigenvalue weighted by atomic mass is 10.1. The van der Waals surface area contributed by atoms with E-state index >= 15 is 0 Å². The molecule has 0 aliphatic carbocycles. The predicted octanol–water partition coefficient (Wildman–Crippen LogP) is 3.90. The Balaban J connectivity index is 2.30. The molecule has 2 rings (SSSR count). The van der Waals surface area contributed by atoms with E-state index in [1.807, 2.05) is 37.7 Å². The van der Waals surface area contributed by atoms with Gasteiger partial charge >= 0.3 is 0 Å². The Hall–Kier alpha value is -0.910. The third-order valence-corrected chi connectivity index (χ3v) is 4.49. The van der Waals surface area contributed by atoms with Crippen LogP contribution in [0.25, 0.3) is 0 Å². The van der Waals surface area contributed by atoms with Gasteiger partial charge in [-0.15, -0.1) is 11.3 Å². The molecular formula is C14H17BrN2OS. The Morgan fingerprint density at radius 1 is 1.47 bits per heavy atom. The molecule has 1 unspecified atom stereocenters. The molecule has 5 heteroatoms. The average molecular weight is 341 g/mol. The van der Waals surface area contributed by atoms with Crippen LogP contribution in [0.4, 0.5) is 5.69 Å². The van der Waals surface area contributed by atoms with Crippen molar-refractivity contribution in [3.63, 3.8) is 0 Å². The summed E-state index contributed by atoms with van der Waals surface area (Å²) < 4.78 is 1.01. The maximum Gasteiger partial charge on any atom is 0.0798 e. The third kappa shape index (κ3) is 3.35. The van der Waals surface area contributed by atoms with Crippen LogP contribution in [0.15, 0.2) is 28.2 Å². The topological polar surface area (TPSA) is 36.4 Å². The first-order chi connectivity index (χ1) is 8.99. The van der Waals surface area contributed by atoms with Gasteiger partial charge in [0.1, 0.15) is 0 Å². The van der Waals surface area contributed by atoms with E-state index in [-0.39, 0.29) is 0 Å². The van der Waals surface area contributed by atoms with Crippen LogP contribution in [0.1, 0.15) is 29.2 Å². The van der Waals surface area contributed by atoms with E-state index in [4.69, 9.17) is 0 Å². The molecule has 0 aliphatic rings. The van der Waals surface area contributed by atoms with Crippen LogP contribution < -0.4 is 4.90 Å². The van der Waals surface area contributed by atoms with Crippen LogP contribution in [0.3, 0.4) is 0 Å². The molecule has 1 N–H and O–H groups in total. The number of halogens is 1. The molecule has 0 radical (unpaired) electrons. The molecule has 1 atom stereocenters. The van der Waals surface area contributed by atoms with Gasteiger partial charge in [-0.3, -0.25) is 0 Å². The third-order valence-electron chi connectivity index (χ3n) is 3.08. The van der Waals surface area contributed by atoms with Gasteiger partial charge in [-0.25, -0.2) is 4.98 Å². The molecular weight excluding hydrogens is 324 g/mol. The number of hydrogen-bond acceptors (Lipinski definition) is 4. The minimum atomic E-state index is -0.479. The van der Waals surface area contributed by atoms with Gasteiger partial charge in [0.2, 0.25) is 0 Å². The molecule has 0 fully saturated rings. The van der Waals surface area contributed by atoms with E-state index in [0.29, 0.717) is 0 Å². The van der Waals surface area contributed by atoms with Crippen molar-refractivity contribution < 1.29 is 5.11 Å². The van der Waals surface area contributed by atoms with Crippen LogP contribution in [-0.4, -0.2) is 17.1 Å². The highest BCUT2D eigenvalue weighted by molar-refractivity contribution is 9.10. The number of benzene rings is 1. The number of rotatable bonds is 4. The molecule has 19 heavy (non-hydrogen) atoms. The summed E-state index contributed by atoms with van der Waals surface area (Å²) in [6.45, 7) is 4.61. The molecule has 0 amide bonds. The number of aryl methyl sites for hydroxylation is 1. The van der Waals surface area contributed by atoms with Gasteiger partial charge in [-0.1, -0.05) is 22.0 Å². The van der Waals surface area contributed by atoms with E-state index in [2.05, 4.69) is 25.8 Å². The van der Waals surface area contributed by atoms with Gasteiger partial charge in [-0.05, 0) is 26.0 Å². The Kier molecular flexibility index (Phi) is 4.60. The first-order valence-corrected chi connectivity index (χ1v) is 7.74. The summed E-state index contributed by atoms with van der Waals surface area (Å²) in [6, 6.07) is 5.95. The molecule has 0 spiro atoms. The maximum absolute atomic E-state index is 9.87. The van der Waals surface area contributed by atoms with Gasteiger partial charge in [0, 0.05) is 27.6 Å². The van der Waals surface area contributed by atoms with E-state index in [1.54, 1.807) is 18.3 Å². The summed E-state index contributed by atoms with van der Waals surface area (Å²) in [4.78, 5) is 7.67. The minimum Gasteiger partial charge on any atom is -0.389 e. The zero-order valence-electron chi connectivity index (χ0n) is 11.2. The molecule has 0 aliphatic heterocycles. The van der Waals surface area contributed by atoms with Crippen LogP contribution in [0.2, 0.25) is 0 Å². The Labute approximate surface area is 126 Å². The molecule has 1 aromatic carbocycles. The van der Waals surface area contributed by atoms with Crippen molar-refractivity contribution in [3.8, 4) is 0 Å². The smallest absolute Gasteiger partial charge is 0.0798 e. The fourth-order valence-electron chi connectivity index (χ4n) is 1.98. The van der Waals surface area contributed by atoms with Crippen molar-refractivity contribution in [2.45, 2.75) is 26.5 Å². The second-order valence-electron chi connectivity index (χ2n) is 4.60. The van der Waals surface area contributed by atoms with E-state index in [0.717, 1.165) is 28.0 Å². The summed E-state index contributed by atoms with van der Waals surface area (Å²) >= 11 is 5.15. The lowest BCUT2D eigenvalue weighted by Gasteiger charge is -2.23. The van der Waals surface area contributed by atoms with E-state index in [1.165, 1.54) is 4.88 Å². The monoisotopic (exact) mass is 340 g/mol. The van der Waals surface area contributed by atoms with Crippen molar-refractivity contribution >= 4 is 33.0 Å². The standard InChI is InChI=1S/C14H17BrN2OS/c1-9-14(19-8-16-9)7-17(3)13-6-11(15)4-5-12(13)10(2)18/h4-6,8,10,18H,7H2,1-3H3. The number of hydrogen-bond donors (Lipinski definition) is 1. The van der Waals surface area contributed by atoms with Gasteiger partial charge in [0.15, 0.2) is 0 Å². The van der Waals surface area contributed by atoms with Crippen LogP contribution in [0.5, 0.6) is 0 Å². The SMILES string of the molecule is Cc1ncsc1CN(C)c1cc(Br)ccc1C(C)O. The number of nitrogens with zero attached hydrogens (tertiary/aromatic N) is 2. The number of anilines is 1. The van der Waals surface area contributed by atoms with Crippen LogP contribution >= 0.6 is 27.3 Å². The predicted molar refractivity (Wildman–Crippen MR) is 83.7 cm³/mol. The fourth-order valence-corrected chi connectivity index (χ4v) is 3.16. The number of aromatic nitrogens is 1. The highest BCUT2D eigenvalue weighted by Gasteiger charge is 2.14. The highest BCUT2D eigenvalue weighted by atomic mass is 79.9. The quantitative estimate of drug-likeness (QED) is 0.916. The Morgan fingerprint density at radius 2 is 2.21 bits per heavy atom. The summed E-state index contributed by atoms with van der Waals surface area (Å²) in [7, 11) is 2.03. The number of aliphatic hydroxyl groups is 1. The number of aliphatic hydroxyl groups excluding tert-OH is 1. The minimum absolute atomic E-state index is 0.479. The second-order valence-corrected chi connectivity index (χ2v) is 6.45. The zero-order valence-corrected chi connectivity index (χ0v) is 13.6. The molecule has 1 heterocycles. The van der Waals surface area contributed by atoms with E-state index < -0.39 is 6.10 Å². The number of thiazole rings is 1. The maximum atomic E-state index is 9.87. The summed E-state index contributed by atoms with van der Waals surface area (Å²) in [6.07, 6.45) is -0.479. The lowest BCUT2D eigenvalue weighted by Crippen LogP contribution is -2.18. The van der Waals surface area contributed by atoms with Crippen LogP contribution in [-0.2, 0) is 6.54 Å². The molecule has 0 saturated heterocycles. The molecule has 0 bridgehead atoms. The van der Waals surface area contributed by atoms with Gasteiger partial charge in [0.25, 0.3) is 0 Å². The van der Waals surface area contributed by atoms with Gasteiger partial charge in [0.05, 0.1) is 23.9 Å². The van der Waals surface area contributed by atoms with Crippen LogP contribution in [0, 0.1) is 6.92 Å². The van der Waals surface area contributed by atoms with Crippen molar-refractivity contribution in [1.82, 2.24) is 4.98 Å². The lowest BCUT2D eigenvalue weighted by molar-refractivity contribution is 0.199. The van der Waals surface area contributed by atoms with Crippen molar-refractivity contribution in [2.75, 3.05) is 11.9 Å². The van der Waals surface area contributed by atoms with Gasteiger partial charge in [-0.2, -0.15) is 0 Å². The normalized spacial score (nSPS) is 12.5. The average Bonchev–Trinajstić information content (AvgIpc) is 2.74. The fraction of sp³-hybridized carbons (Fsp3) is 0.357. The molecule has 1 aromatic heterocycles. The molecule has 2 aromatic rings. The van der Waals surface area contributed by atoms with Gasteiger partial charge < -0.3 is 10.0 Å². The largest absolute Gasteiger partial charge is 0.389 e. The first-order valence-electron chi connectivity index (χ1n) is 6.06. The zero-order chi connectivity index (χ0) is 14.0. The summed E-state index contributed by atoms with van der Waals surface area (Å²) in [5.74, 6) is 0. The summed E-state index contributed by atoms with van der Waals surface area (Å²) in [5, 5.41) is 9.87. The van der Waals surface area contributed by atoms with E-state index in [9.17, 15) is 5.11 Å². The van der Waals surface area contributed by atoms with Crippen molar-refractivity contribution in [2.24, 2.45) is 0 Å². The molecule has 0 saturated carbocycles. The summed E-state index contributed by atoms with van der Waals surface area (Å²) in [5.41, 5.74) is 4.92. The van der Waals surface area contributed by atoms with Crippen molar-refractivity contribution in [1.29, 1.82) is 0 Å². The Morgan fingerprint density at radius 3 is 2.79 bits per heavy atom. The van der Waals surface area contributed by atoms with Crippen molar-refractivity contribution in [3.05, 3.63) is 44.3 Å². The first kappa shape index (κ1) is 14.5.